The molecular formula is C18H24N2O5. The third-order valence-electron chi connectivity index (χ3n) is 4.43. The summed E-state index contributed by atoms with van der Waals surface area (Å²) in [6, 6.07) is 5.00. The zero-order chi connectivity index (χ0) is 17.8. The molecule has 1 fully saturated rings. The van der Waals surface area contributed by atoms with Crippen molar-refractivity contribution < 1.29 is 23.5 Å². The summed E-state index contributed by atoms with van der Waals surface area (Å²) in [5.74, 6) is 2.13. The lowest BCUT2D eigenvalue weighted by Gasteiger charge is -2.36. The largest absolute Gasteiger partial charge is 0.467 e. The predicted octanol–water partition coefficient (Wildman–Crippen LogP) is 2.52. The first-order valence-corrected chi connectivity index (χ1v) is 8.44. The normalized spacial score (nSPS) is 19.0. The van der Waals surface area contributed by atoms with E-state index in [2.05, 4.69) is 5.32 Å². The topological polar surface area (TPSA) is 88.1 Å². The predicted molar refractivity (Wildman–Crippen MR) is 90.0 cm³/mol. The van der Waals surface area contributed by atoms with Crippen molar-refractivity contribution >= 4 is 6.03 Å². The highest BCUT2D eigenvalue weighted by atomic mass is 16.5. The number of urea groups is 1. The first kappa shape index (κ1) is 17.6. The SMILES string of the molecule is Cc1cc(CNC(=O)N2CCOC[C@@H]2C[C@@H](O)c2ccco2)c(C)o1. The van der Waals surface area contributed by atoms with Gasteiger partial charge in [-0.1, -0.05) is 0 Å². The number of furan rings is 2. The second kappa shape index (κ2) is 7.76. The Morgan fingerprint density at radius 1 is 1.48 bits per heavy atom. The highest BCUT2D eigenvalue weighted by Crippen LogP contribution is 2.23. The number of hydrogen-bond donors (Lipinski definition) is 2. The molecule has 0 aromatic carbocycles. The molecule has 2 aromatic heterocycles. The lowest BCUT2D eigenvalue weighted by Crippen LogP contribution is -2.52. The summed E-state index contributed by atoms with van der Waals surface area (Å²) in [5.41, 5.74) is 0.964. The van der Waals surface area contributed by atoms with E-state index in [0.717, 1.165) is 17.1 Å². The van der Waals surface area contributed by atoms with Crippen LogP contribution in [0, 0.1) is 13.8 Å². The molecule has 1 aliphatic rings. The molecule has 7 heteroatoms. The fourth-order valence-corrected chi connectivity index (χ4v) is 3.10. The second-order valence-electron chi connectivity index (χ2n) is 6.29. The summed E-state index contributed by atoms with van der Waals surface area (Å²) in [5, 5.41) is 13.2. The van der Waals surface area contributed by atoms with Crippen molar-refractivity contribution in [2.45, 2.75) is 39.0 Å². The molecule has 2 aromatic rings. The van der Waals surface area contributed by atoms with Crippen LogP contribution in [0.25, 0.3) is 0 Å². The molecule has 0 aliphatic carbocycles. The van der Waals surface area contributed by atoms with Crippen molar-refractivity contribution in [3.63, 3.8) is 0 Å². The second-order valence-corrected chi connectivity index (χ2v) is 6.29. The number of carbonyl (C=O) groups excluding carboxylic acids is 1. The van der Waals surface area contributed by atoms with E-state index in [-0.39, 0.29) is 12.1 Å². The smallest absolute Gasteiger partial charge is 0.318 e. The van der Waals surface area contributed by atoms with Gasteiger partial charge in [-0.3, -0.25) is 0 Å². The standard InChI is InChI=1S/C18H24N2O5/c1-12-8-14(13(2)25-12)10-19-18(22)20-5-7-23-11-15(20)9-16(21)17-4-3-6-24-17/h3-4,6,8,15-16,21H,5,7,9-11H2,1-2H3,(H,19,22)/t15-,16+/m0/s1. The van der Waals surface area contributed by atoms with Gasteiger partial charge < -0.3 is 28.9 Å². The number of aliphatic hydroxyl groups is 1. The van der Waals surface area contributed by atoms with E-state index < -0.39 is 6.10 Å². The highest BCUT2D eigenvalue weighted by molar-refractivity contribution is 5.74. The van der Waals surface area contributed by atoms with Gasteiger partial charge in [0.15, 0.2) is 0 Å². The monoisotopic (exact) mass is 348 g/mol. The Hall–Kier alpha value is -2.25. The summed E-state index contributed by atoms with van der Waals surface area (Å²) in [6.07, 6.45) is 1.12. The van der Waals surface area contributed by atoms with Crippen molar-refractivity contribution in [3.05, 3.63) is 47.3 Å². The maximum Gasteiger partial charge on any atom is 0.318 e. The van der Waals surface area contributed by atoms with Crippen LogP contribution in [0.3, 0.4) is 0 Å². The Morgan fingerprint density at radius 2 is 2.32 bits per heavy atom. The van der Waals surface area contributed by atoms with Crippen molar-refractivity contribution in [2.75, 3.05) is 19.8 Å². The van der Waals surface area contributed by atoms with Crippen LogP contribution in [0.4, 0.5) is 4.79 Å². The average molecular weight is 348 g/mol. The molecule has 3 rings (SSSR count). The first-order valence-electron chi connectivity index (χ1n) is 8.44. The minimum Gasteiger partial charge on any atom is -0.467 e. The molecule has 0 saturated carbocycles. The third-order valence-corrected chi connectivity index (χ3v) is 4.43. The minimum absolute atomic E-state index is 0.168. The van der Waals surface area contributed by atoms with E-state index in [4.69, 9.17) is 13.6 Å². The number of ether oxygens (including phenoxy) is 1. The Labute approximate surface area is 146 Å². The Bertz CT molecular complexity index is 694. The molecule has 1 aliphatic heterocycles. The van der Waals surface area contributed by atoms with E-state index in [0.29, 0.717) is 38.5 Å². The zero-order valence-electron chi connectivity index (χ0n) is 14.5. The summed E-state index contributed by atoms with van der Waals surface area (Å²) >= 11 is 0. The molecule has 2 amide bonds. The van der Waals surface area contributed by atoms with Crippen molar-refractivity contribution in [1.82, 2.24) is 10.2 Å². The van der Waals surface area contributed by atoms with Crippen molar-refractivity contribution in [2.24, 2.45) is 0 Å². The van der Waals surface area contributed by atoms with E-state index in [1.165, 1.54) is 6.26 Å². The number of aryl methyl sites for hydroxylation is 2. The highest BCUT2D eigenvalue weighted by Gasteiger charge is 2.30. The lowest BCUT2D eigenvalue weighted by molar-refractivity contribution is -0.00974. The summed E-state index contributed by atoms with van der Waals surface area (Å²) in [4.78, 5) is 14.3. The van der Waals surface area contributed by atoms with E-state index in [1.807, 2.05) is 19.9 Å². The zero-order valence-corrected chi connectivity index (χ0v) is 14.5. The average Bonchev–Trinajstić information content (AvgIpc) is 3.23. The van der Waals surface area contributed by atoms with Crippen molar-refractivity contribution in [1.29, 1.82) is 0 Å². The van der Waals surface area contributed by atoms with Crippen LogP contribution in [0.1, 0.15) is 35.4 Å². The summed E-state index contributed by atoms with van der Waals surface area (Å²) < 4.78 is 16.2. The molecule has 0 radical (unpaired) electrons. The maximum atomic E-state index is 12.6. The molecule has 7 nitrogen and oxygen atoms in total. The van der Waals surface area contributed by atoms with E-state index >= 15 is 0 Å². The van der Waals surface area contributed by atoms with E-state index in [1.54, 1.807) is 17.0 Å². The first-order chi connectivity index (χ1) is 12.0. The van der Waals surface area contributed by atoms with Crippen LogP contribution in [0.2, 0.25) is 0 Å². The van der Waals surface area contributed by atoms with Crippen LogP contribution in [-0.4, -0.2) is 41.8 Å². The maximum absolute atomic E-state index is 12.6. The molecule has 25 heavy (non-hydrogen) atoms. The molecule has 2 atom stereocenters. The van der Waals surface area contributed by atoms with Gasteiger partial charge in [0.25, 0.3) is 0 Å². The molecule has 0 bridgehead atoms. The quantitative estimate of drug-likeness (QED) is 0.867. The van der Waals surface area contributed by atoms with Crippen molar-refractivity contribution in [3.8, 4) is 0 Å². The summed E-state index contributed by atoms with van der Waals surface area (Å²) in [7, 11) is 0. The number of nitrogens with one attached hydrogen (secondary N) is 1. The molecule has 0 spiro atoms. The molecular weight excluding hydrogens is 324 g/mol. The number of hydrogen-bond acceptors (Lipinski definition) is 5. The Balaban J connectivity index is 1.59. The van der Waals surface area contributed by atoms with Gasteiger partial charge in [0, 0.05) is 25.1 Å². The number of nitrogens with zero attached hydrogens (tertiary/aromatic N) is 1. The van der Waals surface area contributed by atoms with Crippen LogP contribution >= 0.6 is 0 Å². The molecule has 3 heterocycles. The van der Waals surface area contributed by atoms with Crippen LogP contribution in [0.15, 0.2) is 33.3 Å². The number of aliphatic hydroxyl groups excluding tert-OH is 1. The van der Waals surface area contributed by atoms with Crippen LogP contribution in [0.5, 0.6) is 0 Å². The number of carbonyl (C=O) groups is 1. The van der Waals surface area contributed by atoms with Crippen LogP contribution in [-0.2, 0) is 11.3 Å². The molecule has 1 saturated heterocycles. The van der Waals surface area contributed by atoms with Gasteiger partial charge in [-0.15, -0.1) is 0 Å². The summed E-state index contributed by atoms with van der Waals surface area (Å²) in [6.45, 7) is 5.55. The lowest BCUT2D eigenvalue weighted by atomic mass is 10.1. The molecule has 2 N–H and O–H groups in total. The number of morpholine rings is 1. The number of rotatable bonds is 5. The van der Waals surface area contributed by atoms with Gasteiger partial charge in [-0.2, -0.15) is 0 Å². The van der Waals surface area contributed by atoms with Crippen LogP contribution < -0.4 is 5.32 Å². The minimum atomic E-state index is -0.768. The third kappa shape index (κ3) is 4.24. The van der Waals surface area contributed by atoms with Gasteiger partial charge in [-0.05, 0) is 32.0 Å². The number of amides is 2. The Kier molecular flexibility index (Phi) is 5.45. The van der Waals surface area contributed by atoms with Gasteiger partial charge in [0.05, 0.1) is 25.5 Å². The molecule has 0 unspecified atom stereocenters. The van der Waals surface area contributed by atoms with Gasteiger partial charge >= 0.3 is 6.03 Å². The fraction of sp³-hybridized carbons (Fsp3) is 0.500. The van der Waals surface area contributed by atoms with Gasteiger partial charge in [0.2, 0.25) is 0 Å². The van der Waals surface area contributed by atoms with Gasteiger partial charge in [-0.25, -0.2) is 4.79 Å². The Morgan fingerprint density at radius 3 is 3.00 bits per heavy atom. The van der Waals surface area contributed by atoms with E-state index in [9.17, 15) is 9.90 Å². The molecule has 136 valence electrons. The van der Waals surface area contributed by atoms with Gasteiger partial charge in [0.1, 0.15) is 23.4 Å². The fourth-order valence-electron chi connectivity index (χ4n) is 3.10.